The third-order valence-electron chi connectivity index (χ3n) is 2.94. The average Bonchev–Trinajstić information content (AvgIpc) is 2.43. The van der Waals surface area contributed by atoms with Crippen LogP contribution in [-0.4, -0.2) is 24.7 Å². The molecule has 2 aromatic rings. The van der Waals surface area contributed by atoms with E-state index in [1.54, 1.807) is 31.4 Å². The van der Waals surface area contributed by atoms with Crippen LogP contribution < -0.4 is 10.1 Å². The molecule has 0 heterocycles. The van der Waals surface area contributed by atoms with E-state index >= 15 is 0 Å². The van der Waals surface area contributed by atoms with Crippen molar-refractivity contribution in [3.8, 4) is 11.5 Å². The molecule has 0 aliphatic carbocycles. The summed E-state index contributed by atoms with van der Waals surface area (Å²) in [6, 6.07) is 8.59. The molecule has 0 aliphatic rings. The molecule has 0 fully saturated rings. The Hall–Kier alpha value is -2.23. The number of aromatic hydroxyl groups is 1. The number of phenols is 1. The number of methoxy groups -OCH3 is 1. The Kier molecular flexibility index (Phi) is 3.90. The monoisotopic (exact) mass is 259 g/mol. The van der Waals surface area contributed by atoms with Crippen molar-refractivity contribution in [2.24, 2.45) is 0 Å². The first-order valence-electron chi connectivity index (χ1n) is 6.24. The molecule has 2 rings (SSSR count). The second-order valence-corrected chi connectivity index (χ2v) is 4.34. The highest BCUT2D eigenvalue weighted by Gasteiger charge is 2.10. The third kappa shape index (κ3) is 2.78. The first-order chi connectivity index (χ1) is 9.15. The minimum Gasteiger partial charge on any atom is -0.507 e. The molecule has 0 spiro atoms. The van der Waals surface area contributed by atoms with E-state index in [2.05, 4.69) is 5.32 Å². The zero-order valence-corrected chi connectivity index (χ0v) is 11.1. The Morgan fingerprint density at radius 2 is 2.11 bits per heavy atom. The summed E-state index contributed by atoms with van der Waals surface area (Å²) in [5, 5.41) is 14.2. The van der Waals surface area contributed by atoms with E-state index in [-0.39, 0.29) is 11.7 Å². The third-order valence-corrected chi connectivity index (χ3v) is 2.94. The number of ether oxygens (including phenoxy) is 1. The van der Waals surface area contributed by atoms with Crippen molar-refractivity contribution < 1.29 is 14.6 Å². The Bertz CT molecular complexity index is 608. The average molecular weight is 259 g/mol. The highest BCUT2D eigenvalue weighted by Crippen LogP contribution is 2.29. The maximum atomic E-state index is 11.9. The van der Waals surface area contributed by atoms with Gasteiger partial charge in [0, 0.05) is 17.5 Å². The number of carbonyl (C=O) groups is 1. The van der Waals surface area contributed by atoms with Gasteiger partial charge in [0.15, 0.2) is 0 Å². The largest absolute Gasteiger partial charge is 0.507 e. The molecule has 0 saturated heterocycles. The smallest absolute Gasteiger partial charge is 0.251 e. The van der Waals surface area contributed by atoms with Gasteiger partial charge in [-0.25, -0.2) is 0 Å². The molecule has 1 amide bonds. The predicted molar refractivity (Wildman–Crippen MR) is 74.8 cm³/mol. The van der Waals surface area contributed by atoms with E-state index in [9.17, 15) is 9.90 Å². The van der Waals surface area contributed by atoms with Crippen LogP contribution in [0.2, 0.25) is 0 Å². The number of phenolic OH excluding ortho intramolecular Hbond substituents is 1. The number of hydrogen-bond donors (Lipinski definition) is 2. The number of rotatable bonds is 4. The summed E-state index contributed by atoms with van der Waals surface area (Å²) in [7, 11) is 1.58. The summed E-state index contributed by atoms with van der Waals surface area (Å²) < 4.78 is 5.15. The van der Waals surface area contributed by atoms with Crippen LogP contribution in [0.15, 0.2) is 30.3 Å². The first kappa shape index (κ1) is 13.2. The predicted octanol–water partition coefficient (Wildman–Crippen LogP) is 2.69. The van der Waals surface area contributed by atoms with Crippen molar-refractivity contribution in [2.45, 2.75) is 13.3 Å². The van der Waals surface area contributed by atoms with Crippen LogP contribution in [0.5, 0.6) is 11.5 Å². The van der Waals surface area contributed by atoms with E-state index in [0.717, 1.165) is 11.8 Å². The molecule has 2 aromatic carbocycles. The molecule has 19 heavy (non-hydrogen) atoms. The zero-order chi connectivity index (χ0) is 13.8. The van der Waals surface area contributed by atoms with Gasteiger partial charge in [0.25, 0.3) is 5.91 Å². The maximum Gasteiger partial charge on any atom is 0.251 e. The normalized spacial score (nSPS) is 10.4. The summed E-state index contributed by atoms with van der Waals surface area (Å²) >= 11 is 0. The lowest BCUT2D eigenvalue weighted by atomic mass is 10.0. The number of nitrogens with one attached hydrogen (secondary N) is 1. The zero-order valence-electron chi connectivity index (χ0n) is 11.1. The Balaban J connectivity index is 2.44. The van der Waals surface area contributed by atoms with Gasteiger partial charge in [-0.2, -0.15) is 0 Å². The standard InChI is InChI=1S/C15H17NO3/c1-3-6-16-15(18)11-7-10-8-12(19-2)4-5-13(10)14(17)9-11/h4-5,7-9,17H,3,6H2,1-2H3,(H,16,18). The van der Waals surface area contributed by atoms with Crippen LogP contribution >= 0.6 is 0 Å². The van der Waals surface area contributed by atoms with Gasteiger partial charge in [0.05, 0.1) is 7.11 Å². The second-order valence-electron chi connectivity index (χ2n) is 4.34. The van der Waals surface area contributed by atoms with Gasteiger partial charge >= 0.3 is 0 Å². The molecular weight excluding hydrogens is 242 g/mol. The maximum absolute atomic E-state index is 11.9. The summed E-state index contributed by atoms with van der Waals surface area (Å²) in [5.74, 6) is 0.613. The minimum absolute atomic E-state index is 0.0989. The van der Waals surface area contributed by atoms with Crippen LogP contribution in [0.3, 0.4) is 0 Å². The molecule has 0 unspecified atom stereocenters. The van der Waals surface area contributed by atoms with Gasteiger partial charge in [-0.3, -0.25) is 4.79 Å². The summed E-state index contributed by atoms with van der Waals surface area (Å²) in [4.78, 5) is 11.9. The number of benzene rings is 2. The van der Waals surface area contributed by atoms with Gasteiger partial charge in [0.1, 0.15) is 11.5 Å². The van der Waals surface area contributed by atoms with Crippen molar-refractivity contribution in [2.75, 3.05) is 13.7 Å². The number of fused-ring (bicyclic) bond motifs is 1. The van der Waals surface area contributed by atoms with Gasteiger partial charge in [-0.15, -0.1) is 0 Å². The topological polar surface area (TPSA) is 58.6 Å². The van der Waals surface area contributed by atoms with Crippen molar-refractivity contribution >= 4 is 16.7 Å². The lowest BCUT2D eigenvalue weighted by Gasteiger charge is -2.08. The Morgan fingerprint density at radius 1 is 1.32 bits per heavy atom. The van der Waals surface area contributed by atoms with Gasteiger partial charge in [0.2, 0.25) is 0 Å². The second kappa shape index (κ2) is 5.61. The molecule has 0 aromatic heterocycles. The summed E-state index contributed by atoms with van der Waals surface area (Å²) in [6.07, 6.45) is 0.874. The van der Waals surface area contributed by atoms with Gasteiger partial charge in [-0.05, 0) is 42.1 Å². The minimum atomic E-state index is -0.179. The van der Waals surface area contributed by atoms with Crippen LogP contribution in [0.4, 0.5) is 0 Å². The van der Waals surface area contributed by atoms with Gasteiger partial charge in [-0.1, -0.05) is 6.92 Å². The molecule has 4 nitrogen and oxygen atoms in total. The molecule has 0 saturated carbocycles. The molecule has 2 N–H and O–H groups in total. The van der Waals surface area contributed by atoms with E-state index < -0.39 is 0 Å². The number of amides is 1. The fourth-order valence-electron chi connectivity index (χ4n) is 1.93. The molecule has 100 valence electrons. The van der Waals surface area contributed by atoms with Gasteiger partial charge < -0.3 is 15.2 Å². The number of carbonyl (C=O) groups excluding carboxylic acids is 1. The fourth-order valence-corrected chi connectivity index (χ4v) is 1.93. The van der Waals surface area contributed by atoms with E-state index in [4.69, 9.17) is 4.74 Å². The molecule has 0 atom stereocenters. The molecule has 4 heteroatoms. The first-order valence-corrected chi connectivity index (χ1v) is 6.24. The van der Waals surface area contributed by atoms with E-state index in [1.165, 1.54) is 6.07 Å². The van der Waals surface area contributed by atoms with Crippen LogP contribution in [0, 0.1) is 0 Å². The summed E-state index contributed by atoms with van der Waals surface area (Å²) in [6.45, 7) is 2.61. The number of hydrogen-bond acceptors (Lipinski definition) is 3. The highest BCUT2D eigenvalue weighted by molar-refractivity contribution is 6.01. The highest BCUT2D eigenvalue weighted by atomic mass is 16.5. The fraction of sp³-hybridized carbons (Fsp3) is 0.267. The van der Waals surface area contributed by atoms with E-state index in [1.807, 2.05) is 6.92 Å². The quantitative estimate of drug-likeness (QED) is 0.887. The van der Waals surface area contributed by atoms with Crippen molar-refractivity contribution in [3.63, 3.8) is 0 Å². The van der Waals surface area contributed by atoms with E-state index in [0.29, 0.717) is 23.2 Å². The van der Waals surface area contributed by atoms with Crippen LogP contribution in [0.1, 0.15) is 23.7 Å². The SMILES string of the molecule is CCCNC(=O)c1cc(O)c2ccc(OC)cc2c1. The lowest BCUT2D eigenvalue weighted by Crippen LogP contribution is -2.23. The molecule has 0 radical (unpaired) electrons. The van der Waals surface area contributed by atoms with Crippen molar-refractivity contribution in [3.05, 3.63) is 35.9 Å². The lowest BCUT2D eigenvalue weighted by molar-refractivity contribution is 0.0953. The van der Waals surface area contributed by atoms with Crippen LogP contribution in [-0.2, 0) is 0 Å². The molecule has 0 bridgehead atoms. The molecule has 0 aliphatic heterocycles. The van der Waals surface area contributed by atoms with Crippen LogP contribution in [0.25, 0.3) is 10.8 Å². The Labute approximate surface area is 112 Å². The Morgan fingerprint density at radius 3 is 2.79 bits per heavy atom. The summed E-state index contributed by atoms with van der Waals surface area (Å²) in [5.41, 5.74) is 0.451. The molecular formula is C15H17NO3. The van der Waals surface area contributed by atoms with Crippen molar-refractivity contribution in [1.82, 2.24) is 5.32 Å². The van der Waals surface area contributed by atoms with Crippen molar-refractivity contribution in [1.29, 1.82) is 0 Å².